The minimum atomic E-state index is -0.340. The topological polar surface area (TPSA) is 54.0 Å². The predicted molar refractivity (Wildman–Crippen MR) is 96.2 cm³/mol. The summed E-state index contributed by atoms with van der Waals surface area (Å²) in [6, 6.07) is 6.35. The number of halogens is 1. The Morgan fingerprint density at radius 2 is 2.08 bits per heavy atom. The van der Waals surface area contributed by atoms with E-state index in [4.69, 9.17) is 0 Å². The van der Waals surface area contributed by atoms with Crippen molar-refractivity contribution in [3.05, 3.63) is 41.3 Å². The number of carbonyl (C=O) groups is 1. The molecule has 2 aliphatic rings. The zero-order valence-electron chi connectivity index (χ0n) is 14.6. The number of aromatic nitrogens is 1. The van der Waals surface area contributed by atoms with E-state index in [0.717, 1.165) is 44.5 Å². The van der Waals surface area contributed by atoms with Gasteiger partial charge in [0.05, 0.1) is 11.1 Å². The van der Waals surface area contributed by atoms with Crippen LogP contribution in [-0.4, -0.2) is 30.5 Å². The van der Waals surface area contributed by atoms with Crippen LogP contribution in [0.2, 0.25) is 0 Å². The fourth-order valence-corrected chi connectivity index (χ4v) is 3.59. The van der Waals surface area contributed by atoms with E-state index < -0.39 is 0 Å². The van der Waals surface area contributed by atoms with Crippen molar-refractivity contribution in [2.45, 2.75) is 38.5 Å². The Bertz CT molecular complexity index is 810. The highest BCUT2D eigenvalue weighted by molar-refractivity contribution is 6.06. The molecular formula is C20H24FN3O. The van der Waals surface area contributed by atoms with Crippen LogP contribution < -0.4 is 10.6 Å². The summed E-state index contributed by atoms with van der Waals surface area (Å²) in [4.78, 5) is 17.5. The second kappa shape index (κ2) is 6.37. The van der Waals surface area contributed by atoms with E-state index in [1.54, 1.807) is 6.07 Å². The van der Waals surface area contributed by atoms with E-state index in [1.807, 2.05) is 6.07 Å². The normalized spacial score (nSPS) is 19.8. The van der Waals surface area contributed by atoms with Gasteiger partial charge < -0.3 is 10.6 Å². The van der Waals surface area contributed by atoms with Crippen molar-refractivity contribution in [1.29, 1.82) is 0 Å². The molecule has 1 saturated carbocycles. The summed E-state index contributed by atoms with van der Waals surface area (Å²) >= 11 is 0. The van der Waals surface area contributed by atoms with Gasteiger partial charge in [-0.2, -0.15) is 0 Å². The molecule has 1 aliphatic heterocycles. The predicted octanol–water partition coefficient (Wildman–Crippen LogP) is 3.37. The van der Waals surface area contributed by atoms with Gasteiger partial charge in [-0.1, -0.05) is 6.92 Å². The molecule has 2 heterocycles. The SMILES string of the molecule is CC1(CNC(=O)c2cc(C3CC3)nc3ccc(F)cc23)CCNCC1. The number of hydrogen-bond donors (Lipinski definition) is 2. The van der Waals surface area contributed by atoms with Crippen molar-refractivity contribution in [2.75, 3.05) is 19.6 Å². The third-order valence-corrected chi connectivity index (χ3v) is 5.52. The molecule has 2 N–H and O–H groups in total. The molecule has 0 radical (unpaired) electrons. The summed E-state index contributed by atoms with van der Waals surface area (Å²) < 4.78 is 13.7. The number of amides is 1. The molecule has 0 atom stereocenters. The van der Waals surface area contributed by atoms with Gasteiger partial charge in [0.15, 0.2) is 0 Å². The van der Waals surface area contributed by atoms with E-state index in [2.05, 4.69) is 22.5 Å². The second-order valence-corrected chi connectivity index (χ2v) is 7.77. The molecule has 5 heteroatoms. The lowest BCUT2D eigenvalue weighted by atomic mass is 9.81. The van der Waals surface area contributed by atoms with E-state index in [-0.39, 0.29) is 17.1 Å². The number of fused-ring (bicyclic) bond motifs is 1. The number of benzene rings is 1. The maximum absolute atomic E-state index is 13.7. The first-order valence-electron chi connectivity index (χ1n) is 9.13. The van der Waals surface area contributed by atoms with Crippen LogP contribution in [-0.2, 0) is 0 Å². The number of piperidine rings is 1. The maximum Gasteiger partial charge on any atom is 0.252 e. The van der Waals surface area contributed by atoms with Crippen molar-refractivity contribution in [1.82, 2.24) is 15.6 Å². The molecule has 25 heavy (non-hydrogen) atoms. The van der Waals surface area contributed by atoms with Crippen molar-refractivity contribution in [2.24, 2.45) is 5.41 Å². The summed E-state index contributed by atoms with van der Waals surface area (Å²) in [5, 5.41) is 7.04. The van der Waals surface area contributed by atoms with Gasteiger partial charge >= 0.3 is 0 Å². The standard InChI is InChI=1S/C20H24FN3O/c1-20(6-8-22-9-7-20)12-23-19(25)16-11-18(13-2-3-13)24-17-5-4-14(21)10-15(16)17/h4-5,10-11,13,22H,2-3,6-9,12H2,1H3,(H,23,25). The Hall–Kier alpha value is -2.01. The molecule has 0 bridgehead atoms. The summed E-state index contributed by atoms with van der Waals surface area (Å²) in [6.45, 7) is 4.84. The molecule has 2 fully saturated rings. The first-order valence-corrected chi connectivity index (χ1v) is 9.13. The van der Waals surface area contributed by atoms with Crippen LogP contribution in [0.4, 0.5) is 4.39 Å². The minimum absolute atomic E-state index is 0.119. The quantitative estimate of drug-likeness (QED) is 0.896. The van der Waals surface area contributed by atoms with Crippen molar-refractivity contribution in [3.8, 4) is 0 Å². The third-order valence-electron chi connectivity index (χ3n) is 5.52. The molecule has 1 aliphatic carbocycles. The van der Waals surface area contributed by atoms with Crippen molar-refractivity contribution >= 4 is 16.8 Å². The van der Waals surface area contributed by atoms with E-state index in [1.165, 1.54) is 12.1 Å². The molecule has 1 amide bonds. The Kier molecular flexibility index (Phi) is 4.20. The van der Waals surface area contributed by atoms with Gasteiger partial charge in [-0.05, 0) is 68.5 Å². The Morgan fingerprint density at radius 1 is 1.32 bits per heavy atom. The van der Waals surface area contributed by atoms with E-state index >= 15 is 0 Å². The highest BCUT2D eigenvalue weighted by Gasteiger charge is 2.29. The Morgan fingerprint density at radius 3 is 2.80 bits per heavy atom. The molecule has 4 rings (SSSR count). The fourth-order valence-electron chi connectivity index (χ4n) is 3.59. The van der Waals surface area contributed by atoms with Gasteiger partial charge in [0.1, 0.15) is 5.82 Å². The lowest BCUT2D eigenvalue weighted by Gasteiger charge is -2.34. The lowest BCUT2D eigenvalue weighted by molar-refractivity contribution is 0.0924. The van der Waals surface area contributed by atoms with Gasteiger partial charge in [0.2, 0.25) is 0 Å². The van der Waals surface area contributed by atoms with Crippen molar-refractivity contribution in [3.63, 3.8) is 0 Å². The van der Waals surface area contributed by atoms with Crippen LogP contribution in [0.15, 0.2) is 24.3 Å². The third kappa shape index (κ3) is 3.52. The highest BCUT2D eigenvalue weighted by atomic mass is 19.1. The molecule has 4 nitrogen and oxygen atoms in total. The van der Waals surface area contributed by atoms with Crippen molar-refractivity contribution < 1.29 is 9.18 Å². The van der Waals surface area contributed by atoms with Crippen LogP contribution in [0.5, 0.6) is 0 Å². The highest BCUT2D eigenvalue weighted by Crippen LogP contribution is 2.40. The fraction of sp³-hybridized carbons (Fsp3) is 0.500. The van der Waals surface area contributed by atoms with Crippen LogP contribution >= 0.6 is 0 Å². The van der Waals surface area contributed by atoms with Gasteiger partial charge in [0, 0.05) is 23.5 Å². The number of rotatable bonds is 4. The first-order chi connectivity index (χ1) is 12.0. The van der Waals surface area contributed by atoms with Gasteiger partial charge in [-0.3, -0.25) is 9.78 Å². The Balaban J connectivity index is 1.62. The molecule has 2 aromatic rings. The molecular weight excluding hydrogens is 317 g/mol. The lowest BCUT2D eigenvalue weighted by Crippen LogP contribution is -2.43. The number of pyridine rings is 1. The largest absolute Gasteiger partial charge is 0.351 e. The smallest absolute Gasteiger partial charge is 0.252 e. The van der Waals surface area contributed by atoms with Gasteiger partial charge in [-0.25, -0.2) is 4.39 Å². The van der Waals surface area contributed by atoms with Crippen LogP contribution in [0, 0.1) is 11.2 Å². The van der Waals surface area contributed by atoms with Crippen LogP contribution in [0.1, 0.15) is 54.6 Å². The van der Waals surface area contributed by atoms with Crippen LogP contribution in [0.25, 0.3) is 10.9 Å². The number of nitrogens with one attached hydrogen (secondary N) is 2. The zero-order valence-corrected chi connectivity index (χ0v) is 14.6. The molecule has 0 unspecified atom stereocenters. The number of hydrogen-bond acceptors (Lipinski definition) is 3. The monoisotopic (exact) mass is 341 g/mol. The second-order valence-electron chi connectivity index (χ2n) is 7.77. The Labute approximate surface area is 147 Å². The molecule has 132 valence electrons. The zero-order chi connectivity index (χ0) is 17.4. The number of carbonyl (C=O) groups excluding carboxylic acids is 1. The molecule has 1 aromatic heterocycles. The average molecular weight is 341 g/mol. The maximum atomic E-state index is 13.7. The molecule has 1 saturated heterocycles. The number of nitrogens with zero attached hydrogens (tertiary/aromatic N) is 1. The summed E-state index contributed by atoms with van der Waals surface area (Å²) in [7, 11) is 0. The van der Waals surface area contributed by atoms with Gasteiger partial charge in [0.25, 0.3) is 5.91 Å². The van der Waals surface area contributed by atoms with Crippen LogP contribution in [0.3, 0.4) is 0 Å². The molecule has 0 spiro atoms. The molecule has 1 aromatic carbocycles. The minimum Gasteiger partial charge on any atom is -0.351 e. The van der Waals surface area contributed by atoms with E-state index in [9.17, 15) is 9.18 Å². The van der Waals surface area contributed by atoms with E-state index in [0.29, 0.717) is 28.9 Å². The summed E-state index contributed by atoms with van der Waals surface area (Å²) in [6.07, 6.45) is 4.33. The average Bonchev–Trinajstić information content (AvgIpc) is 3.45. The summed E-state index contributed by atoms with van der Waals surface area (Å²) in [5.41, 5.74) is 2.32. The van der Waals surface area contributed by atoms with Gasteiger partial charge in [-0.15, -0.1) is 0 Å². The first kappa shape index (κ1) is 16.5. The summed E-state index contributed by atoms with van der Waals surface area (Å²) in [5.74, 6) is -0.0181.